The molecule has 0 N–H and O–H groups in total. The van der Waals surface area contributed by atoms with Gasteiger partial charge >= 0.3 is 0 Å². The Morgan fingerprint density at radius 1 is 1.22 bits per heavy atom. The molecule has 1 aliphatic heterocycles. The number of halogens is 1. The van der Waals surface area contributed by atoms with Crippen molar-refractivity contribution in [3.63, 3.8) is 0 Å². The molecule has 2 fully saturated rings. The van der Waals surface area contributed by atoms with Crippen molar-refractivity contribution in [3.8, 4) is 5.75 Å². The first kappa shape index (κ1) is 18.2. The predicted octanol–water partition coefficient (Wildman–Crippen LogP) is 4.98. The molecule has 1 aliphatic carbocycles. The highest BCUT2D eigenvalue weighted by Crippen LogP contribution is 2.45. The third kappa shape index (κ3) is 3.91. The number of likely N-dealkylation sites (tertiary alicyclic amines) is 1. The van der Waals surface area contributed by atoms with Gasteiger partial charge in [-0.1, -0.05) is 30.3 Å². The number of carbonyl (C=O) groups is 1. The Bertz CT molecular complexity index is 826. The van der Waals surface area contributed by atoms with Crippen LogP contribution >= 0.6 is 0 Å². The van der Waals surface area contributed by atoms with Crippen LogP contribution in [0.25, 0.3) is 0 Å². The summed E-state index contributed by atoms with van der Waals surface area (Å²) in [6.07, 6.45) is 2.18. The molecule has 4 rings (SSSR count). The van der Waals surface area contributed by atoms with Gasteiger partial charge in [-0.2, -0.15) is 0 Å². The monoisotopic (exact) mass is 367 g/mol. The molecule has 0 bridgehead atoms. The Labute approximate surface area is 160 Å². The molecule has 2 aromatic carbocycles. The largest absolute Gasteiger partial charge is 0.493 e. The standard InChI is InChI=1S/C23H26FNO2/c1-15(18-6-4-3-5-7-18)25-12-17(13-25)14-27-23-11-22(24)20(16(2)26)10-21(23)19-8-9-19/h3-7,10-11,15,17,19H,8-9,12-14H2,1-2H3/t15-/m0/s1. The number of ketones is 1. The van der Waals surface area contributed by atoms with Gasteiger partial charge in [0.25, 0.3) is 0 Å². The average Bonchev–Trinajstić information content (AvgIpc) is 3.45. The van der Waals surface area contributed by atoms with Crippen LogP contribution in [0.5, 0.6) is 5.75 Å². The molecule has 0 radical (unpaired) electrons. The number of hydrogen-bond acceptors (Lipinski definition) is 3. The summed E-state index contributed by atoms with van der Waals surface area (Å²) in [6.45, 7) is 6.21. The molecule has 27 heavy (non-hydrogen) atoms. The van der Waals surface area contributed by atoms with Crippen molar-refractivity contribution in [2.75, 3.05) is 19.7 Å². The predicted molar refractivity (Wildman–Crippen MR) is 104 cm³/mol. The lowest BCUT2D eigenvalue weighted by atomic mass is 9.96. The molecule has 142 valence electrons. The van der Waals surface area contributed by atoms with Crippen LogP contribution < -0.4 is 4.74 Å². The lowest BCUT2D eigenvalue weighted by molar-refractivity contribution is 0.0307. The van der Waals surface area contributed by atoms with E-state index in [-0.39, 0.29) is 11.3 Å². The zero-order valence-electron chi connectivity index (χ0n) is 16.0. The fraction of sp³-hybridized carbons (Fsp3) is 0.435. The molecule has 4 heteroatoms. The highest BCUT2D eigenvalue weighted by Gasteiger charge is 2.33. The quantitative estimate of drug-likeness (QED) is 0.647. The maximum Gasteiger partial charge on any atom is 0.162 e. The Balaban J connectivity index is 1.36. The second-order valence-corrected chi connectivity index (χ2v) is 7.92. The van der Waals surface area contributed by atoms with Gasteiger partial charge in [-0.3, -0.25) is 9.69 Å². The molecular formula is C23H26FNO2. The van der Waals surface area contributed by atoms with Gasteiger partial charge in [0.2, 0.25) is 0 Å². The maximum absolute atomic E-state index is 14.2. The summed E-state index contributed by atoms with van der Waals surface area (Å²) in [5, 5.41) is 0. The molecule has 1 heterocycles. The Morgan fingerprint density at radius 3 is 2.56 bits per heavy atom. The van der Waals surface area contributed by atoms with Gasteiger partial charge in [0, 0.05) is 31.1 Å². The fourth-order valence-corrected chi connectivity index (χ4v) is 3.86. The SMILES string of the molecule is CC(=O)c1cc(C2CC2)c(OCC2CN([C@@H](C)c3ccccc3)C2)cc1F. The van der Waals surface area contributed by atoms with Crippen LogP contribution in [-0.4, -0.2) is 30.4 Å². The van der Waals surface area contributed by atoms with Crippen molar-refractivity contribution >= 4 is 5.78 Å². The van der Waals surface area contributed by atoms with E-state index in [0.29, 0.717) is 30.2 Å². The van der Waals surface area contributed by atoms with Crippen LogP contribution in [0.4, 0.5) is 4.39 Å². The zero-order chi connectivity index (χ0) is 19.0. The van der Waals surface area contributed by atoms with Gasteiger partial charge in [-0.15, -0.1) is 0 Å². The lowest BCUT2D eigenvalue weighted by Gasteiger charge is -2.43. The summed E-state index contributed by atoms with van der Waals surface area (Å²) in [7, 11) is 0. The zero-order valence-corrected chi connectivity index (χ0v) is 16.0. The van der Waals surface area contributed by atoms with Gasteiger partial charge in [0.05, 0.1) is 12.2 Å². The van der Waals surface area contributed by atoms with Crippen LogP contribution in [0.3, 0.4) is 0 Å². The number of hydrogen-bond donors (Lipinski definition) is 0. The number of rotatable bonds is 7. The smallest absolute Gasteiger partial charge is 0.162 e. The van der Waals surface area contributed by atoms with E-state index in [1.807, 2.05) is 6.07 Å². The maximum atomic E-state index is 14.2. The molecule has 0 amide bonds. The first-order valence-corrected chi connectivity index (χ1v) is 9.79. The molecule has 0 aromatic heterocycles. The third-order valence-electron chi connectivity index (χ3n) is 5.79. The molecule has 2 aliphatic rings. The number of Topliss-reactive ketones (excluding diaryl/α,β-unsaturated/α-hetero) is 1. The number of benzene rings is 2. The first-order chi connectivity index (χ1) is 13.0. The van der Waals surface area contributed by atoms with E-state index in [2.05, 4.69) is 36.1 Å². The van der Waals surface area contributed by atoms with E-state index in [0.717, 1.165) is 31.5 Å². The summed E-state index contributed by atoms with van der Waals surface area (Å²) >= 11 is 0. The third-order valence-corrected chi connectivity index (χ3v) is 5.79. The molecular weight excluding hydrogens is 341 g/mol. The Kier molecular flexibility index (Phi) is 5.00. The fourth-order valence-electron chi connectivity index (χ4n) is 3.86. The van der Waals surface area contributed by atoms with E-state index in [1.165, 1.54) is 18.6 Å². The van der Waals surface area contributed by atoms with Crippen LogP contribution in [-0.2, 0) is 0 Å². The molecule has 1 saturated heterocycles. The molecule has 3 nitrogen and oxygen atoms in total. The van der Waals surface area contributed by atoms with Crippen molar-refractivity contribution in [2.45, 2.75) is 38.6 Å². The number of nitrogens with zero attached hydrogens (tertiary/aromatic N) is 1. The van der Waals surface area contributed by atoms with E-state index in [1.54, 1.807) is 6.07 Å². The van der Waals surface area contributed by atoms with Crippen LogP contribution in [0.2, 0.25) is 0 Å². The second kappa shape index (κ2) is 7.43. The van der Waals surface area contributed by atoms with Gasteiger partial charge in [0.1, 0.15) is 11.6 Å². The van der Waals surface area contributed by atoms with Crippen molar-refractivity contribution < 1.29 is 13.9 Å². The molecule has 0 unspecified atom stereocenters. The van der Waals surface area contributed by atoms with Gasteiger partial charge in [-0.25, -0.2) is 4.39 Å². The molecule has 2 aromatic rings. The number of carbonyl (C=O) groups excluding carboxylic acids is 1. The summed E-state index contributed by atoms with van der Waals surface area (Å²) in [5.41, 5.74) is 2.50. The summed E-state index contributed by atoms with van der Waals surface area (Å²) in [5.74, 6) is 0.781. The molecule has 0 spiro atoms. The van der Waals surface area contributed by atoms with Gasteiger partial charge in [0.15, 0.2) is 5.78 Å². The minimum Gasteiger partial charge on any atom is -0.493 e. The average molecular weight is 367 g/mol. The van der Waals surface area contributed by atoms with E-state index in [4.69, 9.17) is 4.74 Å². The summed E-state index contributed by atoms with van der Waals surface area (Å²) in [6, 6.07) is 14.0. The molecule has 1 atom stereocenters. The lowest BCUT2D eigenvalue weighted by Crippen LogP contribution is -2.50. The summed E-state index contributed by atoms with van der Waals surface area (Å²) < 4.78 is 20.2. The Morgan fingerprint density at radius 2 is 1.93 bits per heavy atom. The van der Waals surface area contributed by atoms with E-state index >= 15 is 0 Å². The Hall–Kier alpha value is -2.20. The van der Waals surface area contributed by atoms with E-state index in [9.17, 15) is 9.18 Å². The van der Waals surface area contributed by atoms with Crippen molar-refractivity contribution in [1.82, 2.24) is 4.90 Å². The highest BCUT2D eigenvalue weighted by molar-refractivity contribution is 5.94. The highest BCUT2D eigenvalue weighted by atomic mass is 19.1. The van der Waals surface area contributed by atoms with Crippen LogP contribution in [0.15, 0.2) is 42.5 Å². The second-order valence-electron chi connectivity index (χ2n) is 7.92. The van der Waals surface area contributed by atoms with Crippen molar-refractivity contribution in [3.05, 3.63) is 65.0 Å². The number of ether oxygens (including phenoxy) is 1. The van der Waals surface area contributed by atoms with Crippen molar-refractivity contribution in [1.29, 1.82) is 0 Å². The summed E-state index contributed by atoms with van der Waals surface area (Å²) in [4.78, 5) is 14.1. The van der Waals surface area contributed by atoms with Gasteiger partial charge in [-0.05, 0) is 49.8 Å². The van der Waals surface area contributed by atoms with Gasteiger partial charge < -0.3 is 4.74 Å². The minimum absolute atomic E-state index is 0.177. The van der Waals surface area contributed by atoms with Crippen molar-refractivity contribution in [2.24, 2.45) is 5.92 Å². The van der Waals surface area contributed by atoms with Crippen LogP contribution in [0.1, 0.15) is 60.1 Å². The first-order valence-electron chi connectivity index (χ1n) is 9.79. The van der Waals surface area contributed by atoms with E-state index < -0.39 is 5.82 Å². The molecule has 1 saturated carbocycles. The normalized spacial score (nSPS) is 18.8. The van der Waals surface area contributed by atoms with Crippen LogP contribution in [0, 0.1) is 11.7 Å². The topological polar surface area (TPSA) is 29.5 Å². The minimum atomic E-state index is -0.477.